The number of rotatable bonds is 4. The van der Waals surface area contributed by atoms with Crippen LogP contribution in [0.3, 0.4) is 0 Å². The van der Waals surface area contributed by atoms with Gasteiger partial charge in [-0.15, -0.1) is 0 Å². The topological polar surface area (TPSA) is 84.3 Å². The molecule has 0 spiro atoms. The van der Waals surface area contributed by atoms with Gasteiger partial charge in [-0.2, -0.15) is 0 Å². The second-order valence-electron chi connectivity index (χ2n) is 3.69. The second kappa shape index (κ2) is 5.70. The van der Waals surface area contributed by atoms with Crippen molar-refractivity contribution in [2.75, 3.05) is 6.54 Å². The van der Waals surface area contributed by atoms with Gasteiger partial charge in [0.2, 0.25) is 6.29 Å². The van der Waals surface area contributed by atoms with Crippen LogP contribution in [0.2, 0.25) is 0 Å². The van der Waals surface area contributed by atoms with Gasteiger partial charge < -0.3 is 9.47 Å². The van der Waals surface area contributed by atoms with Gasteiger partial charge in [-0.1, -0.05) is 5.11 Å². The average Bonchev–Trinajstić information content (AvgIpc) is 2.18. The van der Waals surface area contributed by atoms with E-state index >= 15 is 0 Å². The molecule has 0 aromatic heterocycles. The van der Waals surface area contributed by atoms with Gasteiger partial charge >= 0.3 is 0 Å². The monoisotopic (exact) mass is 213 g/mol. The lowest BCUT2D eigenvalue weighted by molar-refractivity contribution is -0.204. The van der Waals surface area contributed by atoms with E-state index in [-0.39, 0.29) is 24.5 Å². The number of hydrogen-bond donors (Lipinski definition) is 0. The van der Waals surface area contributed by atoms with Gasteiger partial charge in [-0.3, -0.25) is 4.79 Å². The van der Waals surface area contributed by atoms with Gasteiger partial charge in [0, 0.05) is 11.3 Å². The molecule has 0 N–H and O–H groups in total. The van der Waals surface area contributed by atoms with Gasteiger partial charge in [-0.05, 0) is 25.8 Å². The minimum absolute atomic E-state index is 0.0408. The van der Waals surface area contributed by atoms with E-state index in [1.165, 1.54) is 0 Å². The van der Waals surface area contributed by atoms with Gasteiger partial charge in [0.25, 0.3) is 0 Å². The minimum atomic E-state index is -0.794. The average molecular weight is 213 g/mol. The Labute approximate surface area is 88.2 Å². The quantitative estimate of drug-likeness (QED) is 0.405. The number of azide groups is 1. The molecule has 1 rings (SSSR count). The summed E-state index contributed by atoms with van der Waals surface area (Å²) in [4.78, 5) is 14.0. The van der Waals surface area contributed by atoms with E-state index in [1.807, 2.05) is 13.8 Å². The molecule has 84 valence electrons. The molecule has 0 saturated carbocycles. The normalized spacial score (nSPS) is 26.5. The fourth-order valence-electron chi connectivity index (χ4n) is 1.36. The van der Waals surface area contributed by atoms with E-state index in [9.17, 15) is 4.79 Å². The van der Waals surface area contributed by atoms with Crippen molar-refractivity contribution < 1.29 is 14.3 Å². The SMILES string of the molecule is CC(C)O[C@H]1O[C@H](CN=[N+]=[N-])CCC1=O. The van der Waals surface area contributed by atoms with Crippen molar-refractivity contribution in [3.05, 3.63) is 10.4 Å². The largest absolute Gasteiger partial charge is 0.343 e. The highest BCUT2D eigenvalue weighted by Gasteiger charge is 2.30. The summed E-state index contributed by atoms with van der Waals surface area (Å²) in [5, 5.41) is 3.42. The van der Waals surface area contributed by atoms with Gasteiger partial charge in [0.05, 0.1) is 18.8 Å². The summed E-state index contributed by atoms with van der Waals surface area (Å²) in [7, 11) is 0. The smallest absolute Gasteiger partial charge is 0.218 e. The molecular formula is C9H15N3O3. The zero-order valence-electron chi connectivity index (χ0n) is 8.92. The Morgan fingerprint density at radius 3 is 3.07 bits per heavy atom. The Kier molecular flexibility index (Phi) is 4.55. The number of nitrogens with zero attached hydrogens (tertiary/aromatic N) is 3. The summed E-state index contributed by atoms with van der Waals surface area (Å²) in [6.07, 6.45) is -0.0455. The first-order valence-electron chi connectivity index (χ1n) is 4.98. The van der Waals surface area contributed by atoms with E-state index in [0.29, 0.717) is 12.8 Å². The van der Waals surface area contributed by atoms with Crippen LogP contribution in [0.4, 0.5) is 0 Å². The molecule has 0 unspecified atom stereocenters. The second-order valence-corrected chi connectivity index (χ2v) is 3.69. The van der Waals surface area contributed by atoms with Crippen LogP contribution in [0, 0.1) is 0 Å². The van der Waals surface area contributed by atoms with E-state index in [2.05, 4.69) is 10.0 Å². The Balaban J connectivity index is 2.47. The molecule has 6 heteroatoms. The zero-order valence-corrected chi connectivity index (χ0v) is 8.92. The molecule has 0 aromatic rings. The predicted molar refractivity (Wildman–Crippen MR) is 53.1 cm³/mol. The predicted octanol–water partition coefficient (Wildman–Crippen LogP) is 1.80. The Morgan fingerprint density at radius 1 is 1.73 bits per heavy atom. The maximum Gasteiger partial charge on any atom is 0.218 e. The highest BCUT2D eigenvalue weighted by Crippen LogP contribution is 2.18. The van der Waals surface area contributed by atoms with E-state index in [0.717, 1.165) is 0 Å². The third-order valence-corrected chi connectivity index (χ3v) is 2.04. The molecule has 2 atom stereocenters. The highest BCUT2D eigenvalue weighted by atomic mass is 16.7. The fraction of sp³-hybridized carbons (Fsp3) is 0.889. The van der Waals surface area contributed by atoms with Crippen molar-refractivity contribution in [3.8, 4) is 0 Å². The van der Waals surface area contributed by atoms with Gasteiger partial charge in [-0.25, -0.2) is 0 Å². The van der Waals surface area contributed by atoms with Gasteiger partial charge in [0.15, 0.2) is 5.78 Å². The zero-order chi connectivity index (χ0) is 11.3. The molecular weight excluding hydrogens is 198 g/mol. The summed E-state index contributed by atoms with van der Waals surface area (Å²) < 4.78 is 10.7. The van der Waals surface area contributed by atoms with E-state index in [1.54, 1.807) is 0 Å². The molecule has 1 aliphatic rings. The van der Waals surface area contributed by atoms with Crippen molar-refractivity contribution in [2.24, 2.45) is 5.11 Å². The molecule has 0 aliphatic carbocycles. The minimum Gasteiger partial charge on any atom is -0.343 e. The summed E-state index contributed by atoms with van der Waals surface area (Å²) >= 11 is 0. The Bertz CT molecular complexity index is 274. The molecule has 15 heavy (non-hydrogen) atoms. The van der Waals surface area contributed by atoms with Crippen LogP contribution >= 0.6 is 0 Å². The van der Waals surface area contributed by atoms with E-state index in [4.69, 9.17) is 15.0 Å². The molecule has 1 fully saturated rings. The molecule has 0 aromatic carbocycles. The standard InChI is InChI=1S/C9H15N3O3/c1-6(2)14-9-8(13)4-3-7(15-9)5-11-12-10/h6-7,9H,3-5H2,1-2H3/t7-,9-/m0/s1. The first-order valence-corrected chi connectivity index (χ1v) is 4.98. The fourth-order valence-corrected chi connectivity index (χ4v) is 1.36. The third-order valence-electron chi connectivity index (χ3n) is 2.04. The molecule has 0 bridgehead atoms. The molecule has 6 nitrogen and oxygen atoms in total. The molecule has 0 radical (unpaired) electrons. The van der Waals surface area contributed by atoms with E-state index < -0.39 is 6.29 Å². The summed E-state index contributed by atoms with van der Waals surface area (Å²) in [5.74, 6) is -0.0408. The first-order chi connectivity index (χ1) is 7.13. The molecule has 1 saturated heterocycles. The van der Waals surface area contributed by atoms with Crippen LogP contribution in [-0.4, -0.2) is 30.8 Å². The molecule has 1 aliphatic heterocycles. The van der Waals surface area contributed by atoms with Crippen LogP contribution < -0.4 is 0 Å². The number of carbonyl (C=O) groups excluding carboxylic acids is 1. The molecule has 1 heterocycles. The van der Waals surface area contributed by atoms with Crippen molar-refractivity contribution in [2.45, 2.75) is 45.2 Å². The number of ketones is 1. The van der Waals surface area contributed by atoms with Crippen LogP contribution in [0.25, 0.3) is 10.4 Å². The van der Waals surface area contributed by atoms with Crippen molar-refractivity contribution in [3.63, 3.8) is 0 Å². The number of Topliss-reactive ketones (excluding diaryl/α,β-unsaturated/α-hetero) is 1. The van der Waals surface area contributed by atoms with Crippen LogP contribution in [0.5, 0.6) is 0 Å². The van der Waals surface area contributed by atoms with Crippen molar-refractivity contribution in [1.29, 1.82) is 0 Å². The Morgan fingerprint density at radius 2 is 2.47 bits per heavy atom. The third kappa shape index (κ3) is 3.87. The van der Waals surface area contributed by atoms with Crippen LogP contribution in [0.15, 0.2) is 5.11 Å². The highest BCUT2D eigenvalue weighted by molar-refractivity contribution is 5.82. The van der Waals surface area contributed by atoms with Crippen LogP contribution in [-0.2, 0) is 14.3 Å². The van der Waals surface area contributed by atoms with Crippen molar-refractivity contribution >= 4 is 5.78 Å². The maximum absolute atomic E-state index is 11.4. The lowest BCUT2D eigenvalue weighted by atomic mass is 10.1. The number of carbonyl (C=O) groups is 1. The van der Waals surface area contributed by atoms with Crippen LogP contribution in [0.1, 0.15) is 26.7 Å². The summed E-state index contributed by atoms with van der Waals surface area (Å²) in [5.41, 5.74) is 8.16. The summed E-state index contributed by atoms with van der Waals surface area (Å²) in [6.45, 7) is 3.93. The lowest BCUT2D eigenvalue weighted by Crippen LogP contribution is -2.39. The lowest BCUT2D eigenvalue weighted by Gasteiger charge is -2.29. The van der Waals surface area contributed by atoms with Gasteiger partial charge in [0.1, 0.15) is 0 Å². The maximum atomic E-state index is 11.4. The van der Waals surface area contributed by atoms with Crippen molar-refractivity contribution in [1.82, 2.24) is 0 Å². The molecule has 0 amide bonds. The first kappa shape index (κ1) is 12.0. The number of hydrogen-bond acceptors (Lipinski definition) is 4. The number of ether oxygens (including phenoxy) is 2. The summed E-state index contributed by atoms with van der Waals surface area (Å²) in [6, 6.07) is 0. The Hall–Kier alpha value is -1.10.